The molecule has 128 valence electrons. The average molecular weight is 336 g/mol. The van der Waals surface area contributed by atoms with Gasteiger partial charge in [-0.05, 0) is 40.6 Å². The third-order valence-electron chi connectivity index (χ3n) is 5.18. The Morgan fingerprint density at radius 2 is 1.84 bits per heavy atom. The van der Waals surface area contributed by atoms with Crippen molar-refractivity contribution in [1.82, 2.24) is 0 Å². The Labute approximate surface area is 146 Å². The largest absolute Gasteiger partial charge is 0.496 e. The van der Waals surface area contributed by atoms with Gasteiger partial charge >= 0.3 is 0 Å². The molecule has 0 saturated heterocycles. The number of nitrogens with zero attached hydrogens (tertiary/aromatic N) is 1. The van der Waals surface area contributed by atoms with Crippen molar-refractivity contribution in [2.24, 2.45) is 0 Å². The van der Waals surface area contributed by atoms with Gasteiger partial charge in [0.25, 0.3) is 0 Å². The molecular formula is C21H22NO3+. The minimum Gasteiger partial charge on any atom is -0.496 e. The molecule has 0 fully saturated rings. The molecule has 1 aliphatic heterocycles. The van der Waals surface area contributed by atoms with Gasteiger partial charge in [-0.15, -0.1) is 0 Å². The Morgan fingerprint density at radius 1 is 1.08 bits per heavy atom. The first-order chi connectivity index (χ1) is 12.2. The van der Waals surface area contributed by atoms with E-state index in [1.54, 1.807) is 7.11 Å². The number of aliphatic hydroxyl groups excluding tert-OH is 2. The number of hydrogen-bond donors (Lipinski definition) is 2. The first-order valence-corrected chi connectivity index (χ1v) is 8.53. The second kappa shape index (κ2) is 6.14. The maximum absolute atomic E-state index is 9.64. The maximum Gasteiger partial charge on any atom is 0.213 e. The van der Waals surface area contributed by atoms with Crippen LogP contribution in [0.4, 0.5) is 0 Å². The normalized spacial score (nSPS) is 12.8. The minimum absolute atomic E-state index is 0.0443. The molecule has 2 N–H and O–H groups in total. The molecule has 0 aliphatic carbocycles. The van der Waals surface area contributed by atoms with Crippen LogP contribution in [0, 0.1) is 6.92 Å². The molecule has 1 aliphatic rings. The topological polar surface area (TPSA) is 53.6 Å². The van der Waals surface area contributed by atoms with Gasteiger partial charge in [0.1, 0.15) is 5.75 Å². The SMILES string of the molecule is COc1c(C)ccc2cc3[n+](cc12)CCc1cc(CO)c(CO)cc1-3. The molecule has 4 heteroatoms. The number of rotatable bonds is 3. The minimum atomic E-state index is -0.0657. The first-order valence-electron chi connectivity index (χ1n) is 8.53. The summed E-state index contributed by atoms with van der Waals surface area (Å²) in [6.07, 6.45) is 3.07. The van der Waals surface area contributed by atoms with Crippen LogP contribution in [-0.4, -0.2) is 17.3 Å². The Balaban J connectivity index is 1.97. The van der Waals surface area contributed by atoms with Crippen LogP contribution in [0.25, 0.3) is 22.0 Å². The van der Waals surface area contributed by atoms with E-state index < -0.39 is 0 Å². The number of aryl methyl sites for hydroxylation is 3. The lowest BCUT2D eigenvalue weighted by molar-refractivity contribution is -0.686. The standard InChI is InChI=1S/C21H22NO3/c1-13-3-4-14-9-20-18-8-17(12-24)16(11-23)7-15(18)5-6-22(20)10-19(14)21(13)25-2/h3-4,7-10,23-24H,5-6,11-12H2,1-2H3/q+1. The van der Waals surface area contributed by atoms with Crippen LogP contribution in [0.1, 0.15) is 22.3 Å². The molecule has 0 bridgehead atoms. The second-order valence-corrected chi connectivity index (χ2v) is 6.61. The Kier molecular flexibility index (Phi) is 3.94. The van der Waals surface area contributed by atoms with Crippen molar-refractivity contribution in [2.45, 2.75) is 33.1 Å². The van der Waals surface area contributed by atoms with E-state index in [0.717, 1.165) is 57.4 Å². The molecule has 4 rings (SSSR count). The molecular weight excluding hydrogens is 314 g/mol. The molecule has 4 nitrogen and oxygen atoms in total. The van der Waals surface area contributed by atoms with E-state index >= 15 is 0 Å². The van der Waals surface area contributed by atoms with Crippen LogP contribution in [0.2, 0.25) is 0 Å². The van der Waals surface area contributed by atoms with Crippen LogP contribution >= 0.6 is 0 Å². The molecule has 0 unspecified atom stereocenters. The van der Waals surface area contributed by atoms with Crippen LogP contribution < -0.4 is 9.30 Å². The predicted octanol–water partition coefficient (Wildman–Crippen LogP) is 2.65. The lowest BCUT2D eigenvalue weighted by Gasteiger charge is -2.19. The summed E-state index contributed by atoms with van der Waals surface area (Å²) in [5, 5.41) is 21.4. The molecule has 0 amide bonds. The van der Waals surface area contributed by atoms with E-state index in [4.69, 9.17) is 4.74 Å². The van der Waals surface area contributed by atoms with Gasteiger partial charge in [-0.1, -0.05) is 18.2 Å². The summed E-state index contributed by atoms with van der Waals surface area (Å²) in [4.78, 5) is 0. The lowest BCUT2D eigenvalue weighted by atomic mass is 9.91. The average Bonchev–Trinajstić information content (AvgIpc) is 2.65. The highest BCUT2D eigenvalue weighted by atomic mass is 16.5. The van der Waals surface area contributed by atoms with Crippen LogP contribution in [0.15, 0.2) is 36.5 Å². The van der Waals surface area contributed by atoms with Crippen LogP contribution in [0.3, 0.4) is 0 Å². The van der Waals surface area contributed by atoms with Gasteiger partial charge in [0, 0.05) is 18.1 Å². The third kappa shape index (κ3) is 2.49. The van der Waals surface area contributed by atoms with Gasteiger partial charge in [0.05, 0.1) is 25.7 Å². The van der Waals surface area contributed by atoms with Crippen molar-refractivity contribution in [1.29, 1.82) is 0 Å². The van der Waals surface area contributed by atoms with Crippen molar-refractivity contribution < 1.29 is 19.5 Å². The highest BCUT2D eigenvalue weighted by molar-refractivity contribution is 5.90. The molecule has 0 spiro atoms. The van der Waals surface area contributed by atoms with Gasteiger partial charge in [-0.25, -0.2) is 0 Å². The van der Waals surface area contributed by atoms with Crippen molar-refractivity contribution in [2.75, 3.05) is 7.11 Å². The summed E-state index contributed by atoms with van der Waals surface area (Å²) in [6, 6.07) is 10.4. The zero-order valence-electron chi connectivity index (χ0n) is 14.5. The summed E-state index contributed by atoms with van der Waals surface area (Å²) < 4.78 is 7.87. The number of benzene rings is 2. The second-order valence-electron chi connectivity index (χ2n) is 6.61. The fraction of sp³-hybridized carbons (Fsp3) is 0.286. The molecule has 25 heavy (non-hydrogen) atoms. The highest BCUT2D eigenvalue weighted by Gasteiger charge is 2.26. The summed E-state index contributed by atoms with van der Waals surface area (Å²) in [6.45, 7) is 2.83. The van der Waals surface area contributed by atoms with Crippen molar-refractivity contribution in [3.8, 4) is 17.0 Å². The lowest BCUT2D eigenvalue weighted by Crippen LogP contribution is -2.40. The molecule has 3 aromatic rings. The number of methoxy groups -OCH3 is 1. The number of ether oxygens (including phenoxy) is 1. The van der Waals surface area contributed by atoms with Crippen molar-refractivity contribution >= 4 is 10.8 Å². The summed E-state index contributed by atoms with van der Waals surface area (Å²) in [5.41, 5.74) is 6.22. The summed E-state index contributed by atoms with van der Waals surface area (Å²) in [5.74, 6) is 0.922. The fourth-order valence-corrected chi connectivity index (χ4v) is 3.85. The van der Waals surface area contributed by atoms with Crippen molar-refractivity contribution in [3.63, 3.8) is 0 Å². The number of aromatic nitrogens is 1. The monoisotopic (exact) mass is 336 g/mol. The van der Waals surface area contributed by atoms with E-state index in [0.29, 0.717) is 0 Å². The summed E-state index contributed by atoms with van der Waals surface area (Å²) >= 11 is 0. The van der Waals surface area contributed by atoms with Gasteiger partial charge in [-0.3, -0.25) is 0 Å². The van der Waals surface area contributed by atoms with Gasteiger partial charge in [0.2, 0.25) is 5.69 Å². The summed E-state index contributed by atoms with van der Waals surface area (Å²) in [7, 11) is 1.71. The molecule has 2 aromatic carbocycles. The van der Waals surface area contributed by atoms with E-state index in [-0.39, 0.29) is 13.2 Å². The predicted molar refractivity (Wildman–Crippen MR) is 96.4 cm³/mol. The van der Waals surface area contributed by atoms with E-state index in [2.05, 4.69) is 35.9 Å². The Morgan fingerprint density at radius 3 is 2.56 bits per heavy atom. The van der Waals surface area contributed by atoms with Gasteiger partial charge in [-0.2, -0.15) is 4.57 Å². The molecule has 0 radical (unpaired) electrons. The number of aliphatic hydroxyl groups is 2. The van der Waals surface area contributed by atoms with Crippen LogP contribution in [0.5, 0.6) is 5.75 Å². The van der Waals surface area contributed by atoms with Gasteiger partial charge < -0.3 is 14.9 Å². The zero-order valence-corrected chi connectivity index (χ0v) is 14.5. The third-order valence-corrected chi connectivity index (χ3v) is 5.18. The Hall–Kier alpha value is -2.43. The number of hydrogen-bond acceptors (Lipinski definition) is 3. The smallest absolute Gasteiger partial charge is 0.213 e. The number of fused-ring (bicyclic) bond motifs is 4. The Bertz CT molecular complexity index is 979. The van der Waals surface area contributed by atoms with Crippen LogP contribution in [-0.2, 0) is 26.2 Å². The fourth-order valence-electron chi connectivity index (χ4n) is 3.85. The van der Waals surface area contributed by atoms with E-state index in [1.165, 1.54) is 5.56 Å². The quantitative estimate of drug-likeness (QED) is 0.723. The van der Waals surface area contributed by atoms with E-state index in [9.17, 15) is 10.2 Å². The highest BCUT2D eigenvalue weighted by Crippen LogP contribution is 2.34. The van der Waals surface area contributed by atoms with Crippen molar-refractivity contribution in [3.05, 3.63) is 58.8 Å². The number of pyridine rings is 1. The molecule has 2 heterocycles. The molecule has 1 aromatic heterocycles. The zero-order chi connectivity index (χ0) is 17.6. The van der Waals surface area contributed by atoms with Gasteiger partial charge in [0.15, 0.2) is 12.7 Å². The molecule has 0 atom stereocenters. The first kappa shape index (κ1) is 16.1. The van der Waals surface area contributed by atoms with E-state index in [1.807, 2.05) is 12.1 Å². The molecule has 0 saturated carbocycles. The maximum atomic E-state index is 9.64.